The van der Waals surface area contributed by atoms with Crippen LogP contribution in [0.4, 0.5) is 0 Å². The Balaban J connectivity index is 2.10. The second kappa shape index (κ2) is 8.29. The fraction of sp³-hybridized carbons (Fsp3) is 1.00. The predicted octanol–water partition coefficient (Wildman–Crippen LogP) is -4.74. The molecule has 11 nitrogen and oxygen atoms in total. The monoisotopic (exact) mass is 356 g/mol. The van der Waals surface area contributed by atoms with Gasteiger partial charge in [-0.05, 0) is 0 Å². The summed E-state index contributed by atoms with van der Waals surface area (Å²) in [4.78, 5) is 0. The first-order chi connectivity index (χ1) is 11.3. The third-order valence-corrected chi connectivity index (χ3v) is 4.21. The van der Waals surface area contributed by atoms with E-state index < -0.39 is 74.6 Å². The fourth-order valence-corrected chi connectivity index (χ4v) is 2.76. The molecule has 10 unspecified atom stereocenters. The molecular weight excluding hydrogens is 332 g/mol. The number of hydrogen-bond acceptors (Lipinski definition) is 11. The van der Waals surface area contributed by atoms with Gasteiger partial charge < -0.3 is 54.7 Å². The topological polar surface area (TPSA) is 179 Å². The zero-order valence-electron chi connectivity index (χ0n) is 13.0. The van der Waals surface area contributed by atoms with Crippen molar-refractivity contribution in [3.63, 3.8) is 0 Å². The van der Waals surface area contributed by atoms with Crippen LogP contribution in [-0.2, 0) is 18.9 Å². The van der Waals surface area contributed by atoms with Crippen LogP contribution in [0.3, 0.4) is 0 Å². The quantitative estimate of drug-likeness (QED) is 0.251. The van der Waals surface area contributed by atoms with E-state index >= 15 is 0 Å². The smallest absolute Gasteiger partial charge is 0.189 e. The summed E-state index contributed by atoms with van der Waals surface area (Å²) < 4.78 is 20.6. The lowest BCUT2D eigenvalue weighted by molar-refractivity contribution is -0.377. The molecule has 0 aromatic rings. The van der Waals surface area contributed by atoms with E-state index in [0.717, 1.165) is 0 Å². The fourth-order valence-electron chi connectivity index (χ4n) is 2.76. The molecule has 2 rings (SSSR count). The van der Waals surface area contributed by atoms with Crippen LogP contribution in [0.15, 0.2) is 0 Å². The van der Waals surface area contributed by atoms with Crippen LogP contribution in [0.1, 0.15) is 0 Å². The zero-order chi connectivity index (χ0) is 18.0. The van der Waals surface area contributed by atoms with Gasteiger partial charge in [-0.3, -0.25) is 0 Å². The van der Waals surface area contributed by atoms with Crippen molar-refractivity contribution < 1.29 is 54.7 Å². The van der Waals surface area contributed by atoms with Gasteiger partial charge in [0.2, 0.25) is 0 Å². The first-order valence-electron chi connectivity index (χ1n) is 7.46. The highest BCUT2D eigenvalue weighted by Crippen LogP contribution is 2.28. The van der Waals surface area contributed by atoms with E-state index in [1.165, 1.54) is 7.11 Å². The average Bonchev–Trinajstić information content (AvgIpc) is 2.58. The number of aliphatic hydroxyl groups excluding tert-OH is 7. The maximum atomic E-state index is 10.2. The van der Waals surface area contributed by atoms with E-state index in [0.29, 0.717) is 0 Å². The van der Waals surface area contributed by atoms with E-state index in [4.69, 9.17) is 24.1 Å². The first-order valence-corrected chi connectivity index (χ1v) is 7.46. The molecule has 2 heterocycles. The molecule has 11 heteroatoms. The largest absolute Gasteiger partial charge is 0.394 e. The minimum atomic E-state index is -1.68. The number of methoxy groups -OCH3 is 1. The molecule has 0 saturated carbocycles. The van der Waals surface area contributed by atoms with Crippen LogP contribution in [0, 0.1) is 0 Å². The lowest BCUT2D eigenvalue weighted by atomic mass is 9.98. The Labute approximate surface area is 137 Å². The highest BCUT2D eigenvalue weighted by atomic mass is 16.8. The van der Waals surface area contributed by atoms with Gasteiger partial charge in [-0.15, -0.1) is 0 Å². The molecular formula is C13H24O11. The van der Waals surface area contributed by atoms with E-state index in [-0.39, 0.29) is 0 Å². The molecule has 2 aliphatic rings. The second-order valence-electron chi connectivity index (χ2n) is 5.74. The molecule has 0 aromatic carbocycles. The molecule has 7 N–H and O–H groups in total. The molecule has 0 bridgehead atoms. The van der Waals surface area contributed by atoms with Crippen LogP contribution < -0.4 is 0 Å². The summed E-state index contributed by atoms with van der Waals surface area (Å²) in [6.45, 7) is -1.22. The van der Waals surface area contributed by atoms with Crippen LogP contribution in [0.2, 0.25) is 0 Å². The van der Waals surface area contributed by atoms with E-state index in [1.54, 1.807) is 0 Å². The summed E-state index contributed by atoms with van der Waals surface area (Å²) in [6, 6.07) is 0. The maximum Gasteiger partial charge on any atom is 0.189 e. The van der Waals surface area contributed by atoms with Crippen molar-refractivity contribution >= 4 is 0 Å². The van der Waals surface area contributed by atoms with Crippen molar-refractivity contribution in [2.24, 2.45) is 0 Å². The third kappa shape index (κ3) is 3.71. The second-order valence-corrected chi connectivity index (χ2v) is 5.74. The molecule has 0 amide bonds. The Bertz CT molecular complexity index is 394. The molecule has 24 heavy (non-hydrogen) atoms. The van der Waals surface area contributed by atoms with Crippen molar-refractivity contribution in [2.45, 2.75) is 61.4 Å². The van der Waals surface area contributed by atoms with Gasteiger partial charge >= 0.3 is 0 Å². The molecule has 0 radical (unpaired) electrons. The van der Waals surface area contributed by atoms with Crippen LogP contribution in [0.25, 0.3) is 0 Å². The third-order valence-electron chi connectivity index (χ3n) is 4.21. The Morgan fingerprint density at radius 2 is 1.21 bits per heavy atom. The Morgan fingerprint density at radius 3 is 1.71 bits per heavy atom. The minimum absolute atomic E-state index is 0.581. The maximum absolute atomic E-state index is 10.2. The van der Waals surface area contributed by atoms with Gasteiger partial charge in [-0.25, -0.2) is 0 Å². The molecule has 0 aromatic heterocycles. The number of ether oxygens (including phenoxy) is 4. The number of hydrogen-bond donors (Lipinski definition) is 7. The van der Waals surface area contributed by atoms with Gasteiger partial charge in [-0.2, -0.15) is 0 Å². The van der Waals surface area contributed by atoms with E-state index in [1.807, 2.05) is 0 Å². The van der Waals surface area contributed by atoms with Gasteiger partial charge in [0.15, 0.2) is 12.6 Å². The summed E-state index contributed by atoms with van der Waals surface area (Å²) in [5, 5.41) is 67.8. The van der Waals surface area contributed by atoms with Crippen LogP contribution in [0.5, 0.6) is 0 Å². The Hall–Kier alpha value is -0.440. The minimum Gasteiger partial charge on any atom is -0.394 e. The lowest BCUT2D eigenvalue weighted by Gasteiger charge is -2.45. The molecule has 2 fully saturated rings. The summed E-state index contributed by atoms with van der Waals surface area (Å²) in [6.07, 6.45) is -14.1. The molecule has 0 spiro atoms. The van der Waals surface area contributed by atoms with Gasteiger partial charge in [0, 0.05) is 7.11 Å². The summed E-state index contributed by atoms with van der Waals surface area (Å²) >= 11 is 0. The predicted molar refractivity (Wildman–Crippen MR) is 73.4 cm³/mol. The summed E-state index contributed by atoms with van der Waals surface area (Å²) in [5.41, 5.74) is 0. The number of aliphatic hydroxyl groups is 7. The lowest BCUT2D eigenvalue weighted by Crippen LogP contribution is -2.64. The number of rotatable bonds is 5. The first kappa shape index (κ1) is 19.9. The zero-order valence-corrected chi connectivity index (χ0v) is 13.0. The van der Waals surface area contributed by atoms with Crippen molar-refractivity contribution in [1.82, 2.24) is 0 Å². The standard InChI is InChI=1S/C13H24O11/c1-21-11-7(17)5(3-15)23-13(10(11)20)24-12-9(19)8(18)6(16)4(2-14)22-12/h4-20H,2-3H2,1H3. The van der Waals surface area contributed by atoms with Gasteiger partial charge in [0.25, 0.3) is 0 Å². The van der Waals surface area contributed by atoms with Gasteiger partial charge in [0.05, 0.1) is 13.2 Å². The van der Waals surface area contributed by atoms with Crippen LogP contribution in [-0.4, -0.2) is 117 Å². The van der Waals surface area contributed by atoms with E-state index in [9.17, 15) is 30.6 Å². The molecule has 142 valence electrons. The highest BCUT2D eigenvalue weighted by molar-refractivity contribution is 4.92. The van der Waals surface area contributed by atoms with Crippen molar-refractivity contribution in [3.05, 3.63) is 0 Å². The van der Waals surface area contributed by atoms with Crippen LogP contribution >= 0.6 is 0 Å². The van der Waals surface area contributed by atoms with Crippen molar-refractivity contribution in [2.75, 3.05) is 20.3 Å². The van der Waals surface area contributed by atoms with Crippen molar-refractivity contribution in [1.29, 1.82) is 0 Å². The van der Waals surface area contributed by atoms with E-state index in [2.05, 4.69) is 0 Å². The van der Waals surface area contributed by atoms with Gasteiger partial charge in [0.1, 0.15) is 48.8 Å². The Morgan fingerprint density at radius 1 is 0.708 bits per heavy atom. The molecule has 2 saturated heterocycles. The molecule has 0 aliphatic carbocycles. The van der Waals surface area contributed by atoms with Crippen molar-refractivity contribution in [3.8, 4) is 0 Å². The Kier molecular flexibility index (Phi) is 6.87. The normalized spacial score (nSPS) is 50.0. The average molecular weight is 356 g/mol. The molecule has 2 aliphatic heterocycles. The summed E-state index contributed by atoms with van der Waals surface area (Å²) in [7, 11) is 1.24. The molecule has 10 atom stereocenters. The summed E-state index contributed by atoms with van der Waals surface area (Å²) in [5.74, 6) is 0. The SMILES string of the molecule is COC1C(O)C(CO)OC(OC2OC(CO)C(O)C(O)C2O)C1O. The van der Waals surface area contributed by atoms with Gasteiger partial charge in [-0.1, -0.05) is 0 Å². The highest BCUT2D eigenvalue weighted by Gasteiger charge is 2.50.